The van der Waals surface area contributed by atoms with Gasteiger partial charge in [-0.3, -0.25) is 19.2 Å². The van der Waals surface area contributed by atoms with Crippen LogP contribution in [0, 0.1) is 0 Å². The maximum atomic E-state index is 13.4. The van der Waals surface area contributed by atoms with E-state index in [2.05, 4.69) is 30.9 Å². The smallest absolute Gasteiger partial charge is 0.326 e. The van der Waals surface area contributed by atoms with Gasteiger partial charge < -0.3 is 47.0 Å². The van der Waals surface area contributed by atoms with Gasteiger partial charge in [0.1, 0.15) is 24.2 Å². The van der Waals surface area contributed by atoms with Gasteiger partial charge in [0.15, 0.2) is 0 Å². The van der Waals surface area contributed by atoms with E-state index in [0.29, 0.717) is 11.3 Å². The normalized spacial score (nSPS) is 14.8. The summed E-state index contributed by atoms with van der Waals surface area (Å²) in [5.41, 5.74) is 7.53. The van der Waals surface area contributed by atoms with E-state index in [1.54, 1.807) is 12.3 Å². The van der Waals surface area contributed by atoms with Crippen molar-refractivity contribution in [3.05, 3.63) is 54.2 Å². The molecule has 2 aromatic heterocycles. The molecule has 15 nitrogen and oxygen atoms in total. The van der Waals surface area contributed by atoms with Crippen molar-refractivity contribution in [3.8, 4) is 0 Å². The topological polar surface area (TPSA) is 253 Å². The van der Waals surface area contributed by atoms with E-state index in [-0.39, 0.29) is 19.3 Å². The van der Waals surface area contributed by atoms with Gasteiger partial charge in [-0.05, 0) is 25.0 Å². The lowest BCUT2D eigenvalue weighted by molar-refractivity contribution is -0.142. The number of nitrogens with zero attached hydrogens (tertiary/aromatic N) is 1. The second kappa shape index (κ2) is 14.0. The maximum absolute atomic E-state index is 13.4. The zero-order chi connectivity index (χ0) is 30.1. The van der Waals surface area contributed by atoms with Crippen molar-refractivity contribution in [3.63, 3.8) is 0 Å². The number of hydrogen-bond donors (Lipinski definition) is 9. The van der Waals surface area contributed by atoms with Crippen LogP contribution in [0.25, 0.3) is 10.9 Å². The van der Waals surface area contributed by atoms with E-state index >= 15 is 0 Å². The summed E-state index contributed by atoms with van der Waals surface area (Å²) in [5, 5.41) is 36.6. The molecule has 0 saturated heterocycles. The third-order valence-corrected chi connectivity index (χ3v) is 6.43. The van der Waals surface area contributed by atoms with Crippen molar-refractivity contribution in [1.29, 1.82) is 0 Å². The number of aliphatic hydroxyl groups is 1. The number of carboxylic acids is 2. The molecule has 41 heavy (non-hydrogen) atoms. The van der Waals surface area contributed by atoms with Crippen LogP contribution >= 0.6 is 0 Å². The summed E-state index contributed by atoms with van der Waals surface area (Å²) in [6, 6.07) is 1.75. The van der Waals surface area contributed by atoms with Crippen LogP contribution in [0.1, 0.15) is 31.0 Å². The van der Waals surface area contributed by atoms with Crippen LogP contribution in [0.3, 0.4) is 0 Å². The first kappa shape index (κ1) is 30.8. The number of amides is 3. The van der Waals surface area contributed by atoms with Crippen molar-refractivity contribution in [2.45, 2.75) is 62.9 Å². The van der Waals surface area contributed by atoms with E-state index < -0.39 is 66.4 Å². The predicted octanol–water partition coefficient (Wildman–Crippen LogP) is -1.21. The van der Waals surface area contributed by atoms with Crippen LogP contribution in [0.4, 0.5) is 0 Å². The van der Waals surface area contributed by atoms with Crippen molar-refractivity contribution in [2.75, 3.05) is 0 Å². The molecule has 0 aliphatic heterocycles. The number of imidazole rings is 1. The number of para-hydroxylation sites is 1. The molecule has 2 heterocycles. The molecule has 1 aromatic carbocycles. The lowest BCUT2D eigenvalue weighted by atomic mass is 10.0. The highest BCUT2D eigenvalue weighted by Crippen LogP contribution is 2.19. The van der Waals surface area contributed by atoms with Gasteiger partial charge in [-0.15, -0.1) is 0 Å². The zero-order valence-corrected chi connectivity index (χ0v) is 22.2. The van der Waals surface area contributed by atoms with Gasteiger partial charge in [-0.25, -0.2) is 9.78 Å². The number of hydrogen-bond acceptors (Lipinski definition) is 8. The van der Waals surface area contributed by atoms with Gasteiger partial charge in [0.2, 0.25) is 17.7 Å². The van der Waals surface area contributed by atoms with Crippen LogP contribution in [0.2, 0.25) is 0 Å². The zero-order valence-electron chi connectivity index (χ0n) is 22.2. The SMILES string of the molecule is CC(O)C(N)C(=O)NC(CCC(=O)O)C(=O)NC(Cc1c[nH]c2ccccc12)C(=O)NC(Cc1cnc[nH]1)C(=O)O. The number of carboxylic acid groups (broad SMARTS) is 2. The first-order valence-electron chi connectivity index (χ1n) is 12.8. The Labute approximate surface area is 233 Å². The number of carbonyl (C=O) groups excluding carboxylic acids is 3. The van der Waals surface area contributed by atoms with Crippen molar-refractivity contribution >= 4 is 40.6 Å². The Kier molecular flexibility index (Phi) is 10.5. The molecular weight excluding hydrogens is 538 g/mol. The highest BCUT2D eigenvalue weighted by Gasteiger charge is 2.32. The van der Waals surface area contributed by atoms with E-state index in [4.69, 9.17) is 10.8 Å². The molecule has 10 N–H and O–H groups in total. The summed E-state index contributed by atoms with van der Waals surface area (Å²) >= 11 is 0. The van der Waals surface area contributed by atoms with Crippen LogP contribution in [0.15, 0.2) is 43.0 Å². The lowest BCUT2D eigenvalue weighted by Crippen LogP contribution is -2.58. The Hall–Kier alpha value is -4.76. The fraction of sp³-hybridized carbons (Fsp3) is 0.385. The third-order valence-electron chi connectivity index (χ3n) is 6.43. The monoisotopic (exact) mass is 571 g/mol. The summed E-state index contributed by atoms with van der Waals surface area (Å²) in [4.78, 5) is 72.0. The van der Waals surface area contributed by atoms with Gasteiger partial charge in [-0.2, -0.15) is 0 Å². The number of aliphatic hydroxyl groups excluding tert-OH is 1. The highest BCUT2D eigenvalue weighted by molar-refractivity contribution is 5.95. The molecular formula is C26H33N7O8. The number of rotatable bonds is 15. The molecule has 0 saturated carbocycles. The molecule has 0 bridgehead atoms. The standard InChI is InChI=1S/C26H33N7O8/c1-13(34)22(27)25(39)31-18(6-7-21(35)36)23(37)32-19(8-14-10-29-17-5-3-2-4-16(14)17)24(38)33-20(26(40)41)9-15-11-28-12-30-15/h2-5,10-13,18-20,22,29,34H,6-9,27H2,1H3,(H,28,30)(H,31,39)(H,32,37)(H,33,38)(H,35,36)(H,40,41). The third kappa shape index (κ3) is 8.61. The van der Waals surface area contributed by atoms with Crippen LogP contribution in [-0.2, 0) is 36.8 Å². The minimum absolute atomic E-state index is 0.0647. The van der Waals surface area contributed by atoms with Gasteiger partial charge >= 0.3 is 11.9 Å². The second-order valence-electron chi connectivity index (χ2n) is 9.57. The van der Waals surface area contributed by atoms with Gasteiger partial charge in [0, 0.05) is 48.3 Å². The molecule has 15 heteroatoms. The minimum atomic E-state index is -1.41. The number of fused-ring (bicyclic) bond motifs is 1. The minimum Gasteiger partial charge on any atom is -0.481 e. The summed E-state index contributed by atoms with van der Waals surface area (Å²) in [6.07, 6.45) is 2.19. The van der Waals surface area contributed by atoms with Crippen molar-refractivity contribution < 1.29 is 39.3 Å². The summed E-state index contributed by atoms with van der Waals surface area (Å²) in [5.74, 6) is -5.15. The summed E-state index contributed by atoms with van der Waals surface area (Å²) in [7, 11) is 0. The number of nitrogens with one attached hydrogen (secondary N) is 5. The van der Waals surface area contributed by atoms with Crippen LogP contribution in [-0.4, -0.2) is 90.2 Å². The molecule has 220 valence electrons. The number of aromatic nitrogens is 3. The Morgan fingerprint density at radius 3 is 2.22 bits per heavy atom. The molecule has 0 fully saturated rings. The van der Waals surface area contributed by atoms with Gasteiger partial charge in [0.25, 0.3) is 0 Å². The van der Waals surface area contributed by atoms with Crippen molar-refractivity contribution in [1.82, 2.24) is 30.9 Å². The maximum Gasteiger partial charge on any atom is 0.326 e. The second-order valence-corrected chi connectivity index (χ2v) is 9.57. The average Bonchev–Trinajstić information content (AvgIpc) is 3.59. The fourth-order valence-corrected chi connectivity index (χ4v) is 4.11. The molecule has 3 rings (SSSR count). The quantitative estimate of drug-likeness (QED) is 0.105. The number of carbonyl (C=O) groups is 5. The Balaban J connectivity index is 1.87. The lowest BCUT2D eigenvalue weighted by Gasteiger charge is -2.25. The first-order chi connectivity index (χ1) is 19.5. The van der Waals surface area contributed by atoms with Crippen LogP contribution < -0.4 is 21.7 Å². The highest BCUT2D eigenvalue weighted by atomic mass is 16.4. The molecule has 0 aliphatic carbocycles. The van der Waals surface area contributed by atoms with Gasteiger partial charge in [-0.1, -0.05) is 18.2 Å². The largest absolute Gasteiger partial charge is 0.481 e. The molecule has 3 aromatic rings. The Bertz CT molecular complexity index is 1370. The molecule has 0 aliphatic rings. The Morgan fingerprint density at radius 1 is 0.927 bits per heavy atom. The molecule has 0 radical (unpaired) electrons. The summed E-state index contributed by atoms with van der Waals surface area (Å²) < 4.78 is 0. The molecule has 5 unspecified atom stereocenters. The number of aromatic amines is 2. The molecule has 5 atom stereocenters. The van der Waals surface area contributed by atoms with Crippen molar-refractivity contribution in [2.24, 2.45) is 5.73 Å². The first-order valence-corrected chi connectivity index (χ1v) is 12.8. The van der Waals surface area contributed by atoms with Crippen LogP contribution in [0.5, 0.6) is 0 Å². The molecule has 3 amide bonds. The summed E-state index contributed by atoms with van der Waals surface area (Å²) in [6.45, 7) is 1.28. The van der Waals surface area contributed by atoms with E-state index in [0.717, 1.165) is 10.9 Å². The average molecular weight is 572 g/mol. The number of aliphatic carboxylic acids is 2. The van der Waals surface area contributed by atoms with Gasteiger partial charge in [0.05, 0.1) is 12.4 Å². The van der Waals surface area contributed by atoms with E-state index in [1.165, 1.54) is 19.4 Å². The van der Waals surface area contributed by atoms with E-state index in [9.17, 15) is 34.2 Å². The number of benzene rings is 1. The number of nitrogens with two attached hydrogens (primary N) is 1. The number of H-pyrrole nitrogens is 2. The Morgan fingerprint density at radius 2 is 1.59 bits per heavy atom. The van der Waals surface area contributed by atoms with E-state index in [1.807, 2.05) is 18.2 Å². The fourth-order valence-electron chi connectivity index (χ4n) is 4.11. The molecule has 0 spiro atoms. The predicted molar refractivity (Wildman–Crippen MR) is 144 cm³/mol.